The van der Waals surface area contributed by atoms with Gasteiger partial charge in [0.15, 0.2) is 0 Å². The maximum absolute atomic E-state index is 13.7. The highest BCUT2D eigenvalue weighted by Gasteiger charge is 2.32. The zero-order valence-corrected chi connectivity index (χ0v) is 10.5. The molecule has 2 unspecified atom stereocenters. The third-order valence-corrected chi connectivity index (χ3v) is 3.59. The van der Waals surface area contributed by atoms with E-state index in [1.807, 2.05) is 6.92 Å². The first-order valence-corrected chi connectivity index (χ1v) is 6.16. The molecule has 1 aliphatic rings. The van der Waals surface area contributed by atoms with Crippen molar-refractivity contribution in [3.05, 3.63) is 29.6 Å². The highest BCUT2D eigenvalue weighted by molar-refractivity contribution is 5.51. The summed E-state index contributed by atoms with van der Waals surface area (Å²) < 4.78 is 51.7. The summed E-state index contributed by atoms with van der Waals surface area (Å²) >= 11 is 0. The van der Waals surface area contributed by atoms with Crippen LogP contribution in [0.4, 0.5) is 23.2 Å². The smallest absolute Gasteiger partial charge is 0.369 e. The van der Waals surface area contributed by atoms with Gasteiger partial charge in [-0.05, 0) is 30.5 Å². The number of alkyl halides is 3. The summed E-state index contributed by atoms with van der Waals surface area (Å²) in [6.45, 7) is 2.87. The van der Waals surface area contributed by atoms with Gasteiger partial charge in [-0.15, -0.1) is 0 Å². The van der Waals surface area contributed by atoms with Gasteiger partial charge in [0, 0.05) is 19.1 Å². The fourth-order valence-electron chi connectivity index (χ4n) is 2.31. The number of nitrogens with two attached hydrogens (primary N) is 1. The van der Waals surface area contributed by atoms with Crippen LogP contribution in [0.3, 0.4) is 0 Å². The van der Waals surface area contributed by atoms with Crippen LogP contribution in [0.1, 0.15) is 18.9 Å². The standard InChI is InChI=1S/C13H16F4N2/c1-8-7-19(5-4-11(8)18)12-6-9(13(15,16)17)2-3-10(12)14/h2-3,6,8,11H,4-5,7,18H2,1H3. The minimum absolute atomic E-state index is 0.00794. The molecule has 1 aromatic rings. The van der Waals surface area contributed by atoms with E-state index in [2.05, 4.69) is 0 Å². The summed E-state index contributed by atoms with van der Waals surface area (Å²) in [5, 5.41) is 0. The van der Waals surface area contributed by atoms with Crippen molar-refractivity contribution in [1.82, 2.24) is 0 Å². The van der Waals surface area contributed by atoms with E-state index < -0.39 is 17.6 Å². The molecule has 1 heterocycles. The molecule has 0 aliphatic carbocycles. The Morgan fingerprint density at radius 2 is 2.00 bits per heavy atom. The molecule has 0 bridgehead atoms. The fraction of sp³-hybridized carbons (Fsp3) is 0.538. The monoisotopic (exact) mass is 276 g/mol. The van der Waals surface area contributed by atoms with Crippen LogP contribution in [0.5, 0.6) is 0 Å². The molecule has 0 amide bonds. The molecule has 1 saturated heterocycles. The number of hydrogen-bond donors (Lipinski definition) is 1. The number of anilines is 1. The van der Waals surface area contributed by atoms with Gasteiger partial charge in [0.2, 0.25) is 0 Å². The van der Waals surface area contributed by atoms with Crippen LogP contribution < -0.4 is 10.6 Å². The van der Waals surface area contributed by atoms with Crippen LogP contribution in [0.25, 0.3) is 0 Å². The molecule has 2 nitrogen and oxygen atoms in total. The predicted molar refractivity (Wildman–Crippen MR) is 65.4 cm³/mol. The third-order valence-electron chi connectivity index (χ3n) is 3.59. The van der Waals surface area contributed by atoms with E-state index in [-0.39, 0.29) is 17.6 Å². The van der Waals surface area contributed by atoms with Gasteiger partial charge < -0.3 is 10.6 Å². The van der Waals surface area contributed by atoms with E-state index >= 15 is 0 Å². The third kappa shape index (κ3) is 3.00. The Hall–Kier alpha value is -1.30. The van der Waals surface area contributed by atoms with Crippen LogP contribution in [0, 0.1) is 11.7 Å². The Kier molecular flexibility index (Phi) is 3.71. The Labute approximate surface area is 109 Å². The summed E-state index contributed by atoms with van der Waals surface area (Å²) in [5.41, 5.74) is 5.04. The van der Waals surface area contributed by atoms with Gasteiger partial charge >= 0.3 is 6.18 Å². The zero-order chi connectivity index (χ0) is 14.2. The molecule has 6 heteroatoms. The SMILES string of the molecule is CC1CN(c2cc(C(F)(F)F)ccc2F)CCC1N. The van der Waals surface area contributed by atoms with Crippen LogP contribution in [-0.2, 0) is 6.18 Å². The zero-order valence-electron chi connectivity index (χ0n) is 10.5. The fourth-order valence-corrected chi connectivity index (χ4v) is 2.31. The summed E-state index contributed by atoms with van der Waals surface area (Å²) in [5.74, 6) is -0.502. The first-order valence-electron chi connectivity index (χ1n) is 6.16. The minimum Gasteiger partial charge on any atom is -0.369 e. The quantitative estimate of drug-likeness (QED) is 0.799. The number of rotatable bonds is 1. The van der Waals surface area contributed by atoms with Crippen LogP contribution in [0.15, 0.2) is 18.2 Å². The average Bonchev–Trinajstić information content (AvgIpc) is 2.32. The van der Waals surface area contributed by atoms with Crippen molar-refractivity contribution in [2.24, 2.45) is 11.7 Å². The van der Waals surface area contributed by atoms with E-state index in [1.54, 1.807) is 4.90 Å². The highest BCUT2D eigenvalue weighted by Crippen LogP contribution is 2.34. The molecule has 1 aliphatic heterocycles. The van der Waals surface area contributed by atoms with Crippen molar-refractivity contribution >= 4 is 5.69 Å². The number of nitrogens with zero attached hydrogens (tertiary/aromatic N) is 1. The van der Waals surface area contributed by atoms with Crippen molar-refractivity contribution in [3.8, 4) is 0 Å². The van der Waals surface area contributed by atoms with Crippen LogP contribution in [0.2, 0.25) is 0 Å². The van der Waals surface area contributed by atoms with Gasteiger partial charge in [0.1, 0.15) is 5.82 Å². The van der Waals surface area contributed by atoms with Gasteiger partial charge in [-0.2, -0.15) is 13.2 Å². The molecule has 2 atom stereocenters. The summed E-state index contributed by atoms with van der Waals surface area (Å²) in [7, 11) is 0. The Morgan fingerprint density at radius 1 is 1.32 bits per heavy atom. The molecule has 0 radical (unpaired) electrons. The van der Waals surface area contributed by atoms with Crippen molar-refractivity contribution < 1.29 is 17.6 Å². The first-order chi connectivity index (χ1) is 8.79. The molecule has 0 aromatic heterocycles. The van der Waals surface area contributed by atoms with Gasteiger partial charge in [0.05, 0.1) is 11.3 Å². The molecular formula is C13H16F4N2. The largest absolute Gasteiger partial charge is 0.416 e. The molecule has 0 saturated carbocycles. The van der Waals surface area contributed by atoms with Crippen molar-refractivity contribution in [2.45, 2.75) is 25.6 Å². The van der Waals surface area contributed by atoms with E-state index in [1.165, 1.54) is 0 Å². The predicted octanol–water partition coefficient (Wildman–Crippen LogP) is 3.02. The minimum atomic E-state index is -4.46. The molecule has 0 spiro atoms. The normalized spacial score (nSPS) is 24.6. The second-order valence-corrected chi connectivity index (χ2v) is 5.04. The Morgan fingerprint density at radius 3 is 2.58 bits per heavy atom. The summed E-state index contributed by atoms with van der Waals surface area (Å²) in [4.78, 5) is 1.64. The van der Waals surface area contributed by atoms with E-state index in [9.17, 15) is 17.6 Å². The van der Waals surface area contributed by atoms with Crippen molar-refractivity contribution in [3.63, 3.8) is 0 Å². The highest BCUT2D eigenvalue weighted by atomic mass is 19.4. The van der Waals surface area contributed by atoms with Crippen LogP contribution in [-0.4, -0.2) is 19.1 Å². The molecule has 1 fully saturated rings. The summed E-state index contributed by atoms with van der Waals surface area (Å²) in [6.07, 6.45) is -3.81. The lowest BCUT2D eigenvalue weighted by atomic mass is 9.94. The van der Waals surface area contributed by atoms with Gasteiger partial charge in [-0.25, -0.2) is 4.39 Å². The molecule has 1 aromatic carbocycles. The van der Waals surface area contributed by atoms with Crippen molar-refractivity contribution in [2.75, 3.05) is 18.0 Å². The second kappa shape index (κ2) is 5.00. The van der Waals surface area contributed by atoms with Crippen LogP contribution >= 0.6 is 0 Å². The topological polar surface area (TPSA) is 29.3 Å². The number of piperidine rings is 1. The lowest BCUT2D eigenvalue weighted by Gasteiger charge is -2.36. The Bertz CT molecular complexity index is 458. The second-order valence-electron chi connectivity index (χ2n) is 5.04. The van der Waals surface area contributed by atoms with E-state index in [0.29, 0.717) is 19.5 Å². The molecule has 2 N–H and O–H groups in total. The lowest BCUT2D eigenvalue weighted by molar-refractivity contribution is -0.137. The lowest BCUT2D eigenvalue weighted by Crippen LogP contribution is -2.46. The van der Waals surface area contributed by atoms with E-state index in [0.717, 1.165) is 18.2 Å². The van der Waals surface area contributed by atoms with Gasteiger partial charge in [-0.1, -0.05) is 6.92 Å². The molecule has 19 heavy (non-hydrogen) atoms. The van der Waals surface area contributed by atoms with E-state index in [4.69, 9.17) is 5.73 Å². The Balaban J connectivity index is 2.29. The molecular weight excluding hydrogens is 260 g/mol. The summed E-state index contributed by atoms with van der Waals surface area (Å²) in [6, 6.07) is 2.53. The molecule has 106 valence electrons. The maximum Gasteiger partial charge on any atom is 0.416 e. The van der Waals surface area contributed by atoms with Gasteiger partial charge in [0.25, 0.3) is 0 Å². The first kappa shape index (κ1) is 14.1. The average molecular weight is 276 g/mol. The maximum atomic E-state index is 13.7. The number of hydrogen-bond acceptors (Lipinski definition) is 2. The number of halogens is 4. The van der Waals surface area contributed by atoms with Crippen molar-refractivity contribution in [1.29, 1.82) is 0 Å². The molecule has 2 rings (SSSR count). The number of benzene rings is 1. The van der Waals surface area contributed by atoms with Gasteiger partial charge in [-0.3, -0.25) is 0 Å².